The highest BCUT2D eigenvalue weighted by molar-refractivity contribution is 6.43. The largest absolute Gasteiger partial charge is 0.495 e. The number of hydrogen-bond acceptors (Lipinski definition) is 4. The van der Waals surface area contributed by atoms with Crippen molar-refractivity contribution in [3.63, 3.8) is 0 Å². The number of Topliss-reactive ketones (excluding diaryl/α,β-unsaturated/α-hetero) is 1. The van der Waals surface area contributed by atoms with E-state index in [-0.39, 0.29) is 17.1 Å². The summed E-state index contributed by atoms with van der Waals surface area (Å²) in [6.07, 6.45) is 0. The van der Waals surface area contributed by atoms with Gasteiger partial charge in [0.1, 0.15) is 5.76 Å². The van der Waals surface area contributed by atoms with Crippen molar-refractivity contribution in [1.82, 2.24) is 0 Å². The maximum atomic E-state index is 13.0. The Bertz CT molecular complexity index is 978. The molecular weight excluding hydrogens is 354 g/mol. The van der Waals surface area contributed by atoms with E-state index >= 15 is 0 Å². The van der Waals surface area contributed by atoms with Crippen LogP contribution in [0.15, 0.2) is 42.5 Å². The van der Waals surface area contributed by atoms with Gasteiger partial charge in [0, 0.05) is 23.6 Å². The Morgan fingerprint density at radius 1 is 1.08 bits per heavy atom. The van der Waals surface area contributed by atoms with E-state index in [1.807, 2.05) is 0 Å². The predicted octanol–water partition coefficient (Wildman–Crippen LogP) is 3.95. The molecule has 6 heteroatoms. The smallest absolute Gasteiger partial charge is 0.269 e. The fourth-order valence-corrected chi connectivity index (χ4v) is 3.23. The molecule has 0 N–H and O–H groups in total. The fourth-order valence-electron chi connectivity index (χ4n) is 3.01. The lowest BCUT2D eigenvalue weighted by atomic mass is 9.99. The number of carbonyl (C=O) groups excluding carboxylic acids is 3. The second-order valence-corrected chi connectivity index (χ2v) is 6.24. The number of methoxy groups -OCH3 is 1. The standard InChI is InChI=1S/C20H16ClNO4/c1-11(23)13-8-9-17-15(10-13)18(20(25)22(17)12(2)24)19(26-3)14-6-4-5-7-16(14)21/h4-10H,1-3H3. The van der Waals surface area contributed by atoms with Gasteiger partial charge in [0.05, 0.1) is 23.4 Å². The molecule has 2 amide bonds. The molecule has 0 aliphatic carbocycles. The summed E-state index contributed by atoms with van der Waals surface area (Å²) in [7, 11) is 1.43. The molecular formula is C20H16ClNO4. The van der Waals surface area contributed by atoms with Crippen molar-refractivity contribution in [2.75, 3.05) is 12.0 Å². The minimum Gasteiger partial charge on any atom is -0.495 e. The van der Waals surface area contributed by atoms with Crippen molar-refractivity contribution in [3.05, 3.63) is 64.2 Å². The van der Waals surface area contributed by atoms with Gasteiger partial charge >= 0.3 is 0 Å². The normalized spacial score (nSPS) is 14.9. The van der Waals surface area contributed by atoms with Crippen molar-refractivity contribution >= 4 is 46.2 Å². The van der Waals surface area contributed by atoms with Gasteiger partial charge in [0.25, 0.3) is 5.91 Å². The second-order valence-electron chi connectivity index (χ2n) is 5.84. The number of amides is 2. The lowest BCUT2D eigenvalue weighted by Crippen LogP contribution is -2.31. The van der Waals surface area contributed by atoms with Crippen LogP contribution in [0.5, 0.6) is 0 Å². The van der Waals surface area contributed by atoms with Gasteiger partial charge in [-0.3, -0.25) is 14.4 Å². The molecule has 0 saturated carbocycles. The number of fused-ring (bicyclic) bond motifs is 1. The van der Waals surface area contributed by atoms with Crippen LogP contribution in [0, 0.1) is 0 Å². The van der Waals surface area contributed by atoms with E-state index in [0.29, 0.717) is 27.4 Å². The summed E-state index contributed by atoms with van der Waals surface area (Å²) in [5.74, 6) is -0.815. The molecule has 0 unspecified atom stereocenters. The van der Waals surface area contributed by atoms with Crippen molar-refractivity contribution in [2.45, 2.75) is 13.8 Å². The zero-order valence-electron chi connectivity index (χ0n) is 14.5. The maximum absolute atomic E-state index is 13.0. The molecule has 0 aromatic heterocycles. The third-order valence-corrected chi connectivity index (χ3v) is 4.52. The SMILES string of the molecule is COC(=C1C(=O)N(C(C)=O)c2ccc(C(C)=O)cc21)c1ccccc1Cl. The van der Waals surface area contributed by atoms with Crippen LogP contribution in [0.25, 0.3) is 11.3 Å². The molecule has 0 saturated heterocycles. The van der Waals surface area contributed by atoms with Crippen molar-refractivity contribution < 1.29 is 19.1 Å². The molecule has 1 aliphatic rings. The number of ketones is 1. The highest BCUT2D eigenvalue weighted by atomic mass is 35.5. The zero-order chi connectivity index (χ0) is 19.0. The Morgan fingerprint density at radius 3 is 2.35 bits per heavy atom. The number of rotatable bonds is 3. The minimum atomic E-state index is -0.509. The van der Waals surface area contributed by atoms with Crippen LogP contribution in [0.1, 0.15) is 35.3 Å². The van der Waals surface area contributed by atoms with Gasteiger partial charge in [-0.25, -0.2) is 4.90 Å². The van der Waals surface area contributed by atoms with Crippen LogP contribution in [0.2, 0.25) is 5.02 Å². The van der Waals surface area contributed by atoms with Gasteiger partial charge in [0.2, 0.25) is 5.91 Å². The maximum Gasteiger partial charge on any atom is 0.269 e. The van der Waals surface area contributed by atoms with E-state index in [2.05, 4.69) is 0 Å². The van der Waals surface area contributed by atoms with E-state index in [9.17, 15) is 14.4 Å². The van der Waals surface area contributed by atoms with E-state index in [4.69, 9.17) is 16.3 Å². The highest BCUT2D eigenvalue weighted by Gasteiger charge is 2.38. The molecule has 26 heavy (non-hydrogen) atoms. The Kier molecular flexibility index (Phi) is 4.66. The predicted molar refractivity (Wildman–Crippen MR) is 99.9 cm³/mol. The molecule has 2 aromatic rings. The number of anilines is 1. The van der Waals surface area contributed by atoms with Crippen LogP contribution >= 0.6 is 11.6 Å². The first-order valence-electron chi connectivity index (χ1n) is 7.90. The number of hydrogen-bond donors (Lipinski definition) is 0. The summed E-state index contributed by atoms with van der Waals surface area (Å²) < 4.78 is 5.51. The topological polar surface area (TPSA) is 63.7 Å². The Labute approximate surface area is 155 Å². The van der Waals surface area contributed by atoms with Crippen molar-refractivity contribution in [2.24, 2.45) is 0 Å². The molecule has 1 heterocycles. The molecule has 5 nitrogen and oxygen atoms in total. The first-order chi connectivity index (χ1) is 12.4. The van der Waals surface area contributed by atoms with E-state index in [1.54, 1.807) is 42.5 Å². The Morgan fingerprint density at radius 2 is 1.77 bits per heavy atom. The Hall–Kier alpha value is -2.92. The number of halogens is 1. The lowest BCUT2D eigenvalue weighted by Gasteiger charge is -2.13. The molecule has 2 aromatic carbocycles. The Balaban J connectivity index is 2.36. The minimum absolute atomic E-state index is 0.141. The molecule has 0 spiro atoms. The summed E-state index contributed by atoms with van der Waals surface area (Å²) in [5.41, 5.74) is 2.06. The van der Waals surface area contributed by atoms with Gasteiger partial charge < -0.3 is 4.74 Å². The zero-order valence-corrected chi connectivity index (χ0v) is 15.3. The quantitative estimate of drug-likeness (QED) is 0.467. The third kappa shape index (κ3) is 2.80. The molecule has 0 fully saturated rings. The molecule has 0 radical (unpaired) electrons. The number of nitrogens with zero attached hydrogens (tertiary/aromatic N) is 1. The van der Waals surface area contributed by atoms with Gasteiger partial charge in [-0.2, -0.15) is 0 Å². The van der Waals surface area contributed by atoms with E-state index in [0.717, 1.165) is 4.90 Å². The lowest BCUT2D eigenvalue weighted by molar-refractivity contribution is -0.122. The highest BCUT2D eigenvalue weighted by Crippen LogP contribution is 2.42. The van der Waals surface area contributed by atoms with Gasteiger partial charge in [-0.1, -0.05) is 23.7 Å². The molecule has 0 atom stereocenters. The fraction of sp³-hybridized carbons (Fsp3) is 0.150. The van der Waals surface area contributed by atoms with Crippen LogP contribution in [0.4, 0.5) is 5.69 Å². The summed E-state index contributed by atoms with van der Waals surface area (Å²) in [6, 6.07) is 11.7. The second kappa shape index (κ2) is 6.77. The summed E-state index contributed by atoms with van der Waals surface area (Å²) in [6.45, 7) is 2.75. The average Bonchev–Trinajstić information content (AvgIpc) is 2.89. The monoisotopic (exact) mass is 369 g/mol. The average molecular weight is 370 g/mol. The van der Waals surface area contributed by atoms with Gasteiger partial charge in [0.15, 0.2) is 5.78 Å². The molecule has 0 bridgehead atoms. The molecule has 132 valence electrons. The number of ether oxygens (including phenoxy) is 1. The molecule has 1 aliphatic heterocycles. The van der Waals surface area contributed by atoms with Crippen LogP contribution < -0.4 is 4.90 Å². The van der Waals surface area contributed by atoms with Crippen molar-refractivity contribution in [3.8, 4) is 0 Å². The first kappa shape index (κ1) is 17.9. The van der Waals surface area contributed by atoms with Crippen molar-refractivity contribution in [1.29, 1.82) is 0 Å². The van der Waals surface area contributed by atoms with Crippen LogP contribution in [-0.4, -0.2) is 24.7 Å². The van der Waals surface area contributed by atoms with Gasteiger partial charge in [-0.15, -0.1) is 0 Å². The molecule has 3 rings (SSSR count). The van der Waals surface area contributed by atoms with Crippen LogP contribution in [-0.2, 0) is 14.3 Å². The van der Waals surface area contributed by atoms with Crippen LogP contribution in [0.3, 0.4) is 0 Å². The third-order valence-electron chi connectivity index (χ3n) is 4.19. The van der Waals surface area contributed by atoms with E-state index in [1.165, 1.54) is 21.0 Å². The first-order valence-corrected chi connectivity index (χ1v) is 8.28. The summed E-state index contributed by atoms with van der Waals surface area (Å²) >= 11 is 6.27. The van der Waals surface area contributed by atoms with E-state index < -0.39 is 11.8 Å². The number of imide groups is 1. The number of carbonyl (C=O) groups is 3. The number of benzene rings is 2. The van der Waals surface area contributed by atoms with Gasteiger partial charge in [-0.05, 0) is 37.3 Å². The summed E-state index contributed by atoms with van der Waals surface area (Å²) in [5, 5.41) is 0.412. The summed E-state index contributed by atoms with van der Waals surface area (Å²) in [4.78, 5) is 37.9.